The van der Waals surface area contributed by atoms with Crippen LogP contribution in [0.5, 0.6) is 0 Å². The van der Waals surface area contributed by atoms with Crippen molar-refractivity contribution in [3.63, 3.8) is 0 Å². The van der Waals surface area contributed by atoms with Crippen molar-refractivity contribution >= 4 is 28.5 Å². The van der Waals surface area contributed by atoms with Gasteiger partial charge in [0, 0.05) is 16.1 Å². The van der Waals surface area contributed by atoms with Crippen molar-refractivity contribution in [2.24, 2.45) is 0 Å². The van der Waals surface area contributed by atoms with Crippen molar-refractivity contribution in [1.29, 1.82) is 0 Å². The average molecular weight is 431 g/mol. The molecule has 0 aliphatic heterocycles. The molecule has 0 bridgehead atoms. The van der Waals surface area contributed by atoms with Gasteiger partial charge in [0.1, 0.15) is 11.2 Å². The Bertz CT molecular complexity index is 1420. The minimum atomic E-state index is -1.14. The van der Waals surface area contributed by atoms with E-state index in [0.717, 1.165) is 16.5 Å². The molecule has 1 N–H and O–H groups in total. The van der Waals surface area contributed by atoms with E-state index in [1.54, 1.807) is 16.8 Å². The molecule has 8 heteroatoms. The largest absolute Gasteiger partial charge is 0.476 e. The van der Waals surface area contributed by atoms with E-state index in [-0.39, 0.29) is 5.69 Å². The van der Waals surface area contributed by atoms with Crippen molar-refractivity contribution in [1.82, 2.24) is 20.2 Å². The predicted molar refractivity (Wildman–Crippen MR) is 117 cm³/mol. The van der Waals surface area contributed by atoms with E-state index in [0.29, 0.717) is 33.2 Å². The molecule has 0 atom stereocenters. The van der Waals surface area contributed by atoms with Gasteiger partial charge in [-0.05, 0) is 48.9 Å². The molecule has 2 heterocycles. The Morgan fingerprint density at radius 3 is 2.48 bits per heavy atom. The fraction of sp³-hybridized carbons (Fsp3) is 0.0435. The molecule has 0 spiro atoms. The number of hydrogen-bond acceptors (Lipinski definition) is 5. The maximum absolute atomic E-state index is 11.8. The minimum Gasteiger partial charge on any atom is -0.476 e. The summed E-state index contributed by atoms with van der Waals surface area (Å²) in [6, 6.07) is 20.2. The number of carboxylic acids is 1. The maximum Gasteiger partial charge on any atom is 0.358 e. The summed E-state index contributed by atoms with van der Waals surface area (Å²) in [6.07, 6.45) is 0. The van der Waals surface area contributed by atoms with E-state index in [4.69, 9.17) is 16.1 Å². The zero-order valence-corrected chi connectivity index (χ0v) is 17.0. The Morgan fingerprint density at radius 2 is 1.77 bits per heavy atom. The summed E-state index contributed by atoms with van der Waals surface area (Å²) in [7, 11) is 0. The van der Waals surface area contributed by atoms with Gasteiger partial charge < -0.3 is 9.63 Å². The standard InChI is InChI=1S/C23H15ClN4O3/c1-13-11-18-17(22(31-26-18)15-7-9-16(24)10-8-15)12-19(13)28-21(14-5-3-2-4-6-14)20(23(29)30)25-27-28/h2-12H,1H3,(H,29,30). The number of benzene rings is 3. The van der Waals surface area contributed by atoms with Gasteiger partial charge in [-0.2, -0.15) is 0 Å². The molecular weight excluding hydrogens is 416 g/mol. The van der Waals surface area contributed by atoms with E-state index < -0.39 is 5.97 Å². The highest BCUT2D eigenvalue weighted by molar-refractivity contribution is 6.30. The molecule has 2 aromatic heterocycles. The van der Waals surface area contributed by atoms with Crippen molar-refractivity contribution in [2.75, 3.05) is 0 Å². The zero-order chi connectivity index (χ0) is 21.5. The smallest absolute Gasteiger partial charge is 0.358 e. The van der Waals surface area contributed by atoms with Crippen molar-refractivity contribution in [3.8, 4) is 28.3 Å². The van der Waals surface area contributed by atoms with Crippen LogP contribution in [0.1, 0.15) is 16.1 Å². The molecule has 0 radical (unpaired) electrons. The number of halogens is 1. The third kappa shape index (κ3) is 3.25. The van der Waals surface area contributed by atoms with Gasteiger partial charge in [0.15, 0.2) is 11.5 Å². The second kappa shape index (κ2) is 7.37. The second-order valence-corrected chi connectivity index (χ2v) is 7.48. The summed E-state index contributed by atoms with van der Waals surface area (Å²) in [5.74, 6) is -0.552. The van der Waals surface area contributed by atoms with E-state index >= 15 is 0 Å². The summed E-state index contributed by atoms with van der Waals surface area (Å²) in [5.41, 5.74) is 4.04. The first kappa shape index (κ1) is 19.0. The van der Waals surface area contributed by atoms with Crippen LogP contribution in [0.4, 0.5) is 0 Å². The number of carboxylic acid groups (broad SMARTS) is 1. The highest BCUT2D eigenvalue weighted by Crippen LogP contribution is 2.34. The van der Waals surface area contributed by atoms with Crippen LogP contribution < -0.4 is 0 Å². The van der Waals surface area contributed by atoms with Gasteiger partial charge in [0.25, 0.3) is 0 Å². The van der Waals surface area contributed by atoms with Crippen molar-refractivity contribution < 1.29 is 14.4 Å². The van der Waals surface area contributed by atoms with Crippen LogP contribution >= 0.6 is 11.6 Å². The first-order valence-corrected chi connectivity index (χ1v) is 9.81. The number of aromatic carboxylic acids is 1. The molecule has 3 aromatic carbocycles. The fourth-order valence-corrected chi connectivity index (χ4v) is 3.70. The van der Waals surface area contributed by atoms with Gasteiger partial charge in [-0.25, -0.2) is 9.48 Å². The van der Waals surface area contributed by atoms with Gasteiger partial charge in [0.05, 0.1) is 11.1 Å². The molecule has 152 valence electrons. The first-order chi connectivity index (χ1) is 15.0. The highest BCUT2D eigenvalue weighted by Gasteiger charge is 2.23. The van der Waals surface area contributed by atoms with Gasteiger partial charge in [-0.3, -0.25) is 0 Å². The lowest BCUT2D eigenvalue weighted by Crippen LogP contribution is -2.04. The van der Waals surface area contributed by atoms with Gasteiger partial charge in [-0.1, -0.05) is 52.3 Å². The third-order valence-electron chi connectivity index (χ3n) is 5.05. The molecule has 0 unspecified atom stereocenters. The lowest BCUT2D eigenvalue weighted by atomic mass is 10.0. The number of nitrogens with zero attached hydrogens (tertiary/aromatic N) is 4. The van der Waals surface area contributed by atoms with Crippen LogP contribution in [-0.2, 0) is 0 Å². The number of hydrogen-bond donors (Lipinski definition) is 1. The van der Waals surface area contributed by atoms with Gasteiger partial charge >= 0.3 is 5.97 Å². The Kier molecular flexibility index (Phi) is 4.52. The number of carbonyl (C=O) groups is 1. The first-order valence-electron chi connectivity index (χ1n) is 9.43. The summed E-state index contributed by atoms with van der Waals surface area (Å²) < 4.78 is 7.16. The molecule has 31 heavy (non-hydrogen) atoms. The molecule has 7 nitrogen and oxygen atoms in total. The lowest BCUT2D eigenvalue weighted by Gasteiger charge is -2.10. The predicted octanol–water partition coefficient (Wildman–Crippen LogP) is 5.40. The Labute approximate surface area is 181 Å². The molecule has 0 aliphatic carbocycles. The van der Waals surface area contributed by atoms with Crippen LogP contribution in [-0.4, -0.2) is 31.2 Å². The quantitative estimate of drug-likeness (QED) is 0.410. The Balaban J connectivity index is 1.75. The summed E-state index contributed by atoms with van der Waals surface area (Å²) in [6.45, 7) is 1.91. The normalized spacial score (nSPS) is 11.2. The van der Waals surface area contributed by atoms with Gasteiger partial charge in [0.2, 0.25) is 0 Å². The van der Waals surface area contributed by atoms with E-state index in [1.807, 2.05) is 61.5 Å². The number of aryl methyl sites for hydroxylation is 1. The second-order valence-electron chi connectivity index (χ2n) is 7.04. The van der Waals surface area contributed by atoms with Crippen LogP contribution in [0, 0.1) is 6.92 Å². The van der Waals surface area contributed by atoms with E-state index in [9.17, 15) is 9.90 Å². The average Bonchev–Trinajstić information content (AvgIpc) is 3.38. The van der Waals surface area contributed by atoms with Crippen LogP contribution in [0.2, 0.25) is 5.02 Å². The minimum absolute atomic E-state index is 0.117. The highest BCUT2D eigenvalue weighted by atomic mass is 35.5. The zero-order valence-electron chi connectivity index (χ0n) is 16.3. The Hall–Kier alpha value is -3.97. The fourth-order valence-electron chi connectivity index (χ4n) is 3.57. The van der Waals surface area contributed by atoms with Gasteiger partial charge in [-0.15, -0.1) is 5.10 Å². The number of fused-ring (bicyclic) bond motifs is 1. The topological polar surface area (TPSA) is 94.0 Å². The Morgan fingerprint density at radius 1 is 1.03 bits per heavy atom. The van der Waals surface area contributed by atoms with Crippen LogP contribution in [0.15, 0.2) is 71.3 Å². The molecule has 0 amide bonds. The molecular formula is C23H15ClN4O3. The molecule has 0 aliphatic rings. The summed E-state index contributed by atoms with van der Waals surface area (Å²) in [4.78, 5) is 11.8. The summed E-state index contributed by atoms with van der Waals surface area (Å²) in [5, 5.41) is 23.3. The molecule has 0 fully saturated rings. The molecule has 5 aromatic rings. The van der Waals surface area contributed by atoms with E-state index in [2.05, 4.69) is 15.5 Å². The monoisotopic (exact) mass is 430 g/mol. The SMILES string of the molecule is Cc1cc2noc(-c3ccc(Cl)cc3)c2cc1-n1nnc(C(=O)O)c1-c1ccccc1. The lowest BCUT2D eigenvalue weighted by molar-refractivity contribution is 0.0691. The third-order valence-corrected chi connectivity index (χ3v) is 5.30. The van der Waals surface area contributed by atoms with Crippen LogP contribution in [0.25, 0.3) is 39.2 Å². The number of rotatable bonds is 4. The molecule has 0 saturated heterocycles. The summed E-state index contributed by atoms with van der Waals surface area (Å²) >= 11 is 6.01. The van der Waals surface area contributed by atoms with Crippen LogP contribution in [0.3, 0.4) is 0 Å². The van der Waals surface area contributed by atoms with Crippen molar-refractivity contribution in [3.05, 3.63) is 83.0 Å². The van der Waals surface area contributed by atoms with Crippen molar-refractivity contribution in [2.45, 2.75) is 6.92 Å². The maximum atomic E-state index is 11.8. The molecule has 0 saturated carbocycles. The van der Waals surface area contributed by atoms with E-state index in [1.165, 1.54) is 0 Å². The number of aromatic nitrogens is 4. The molecule has 5 rings (SSSR count).